The second-order valence-corrected chi connectivity index (χ2v) is 9.62. The van der Waals surface area contributed by atoms with Crippen LogP contribution in [0.4, 0.5) is 11.5 Å². The van der Waals surface area contributed by atoms with Crippen LogP contribution in [0, 0.1) is 6.92 Å². The van der Waals surface area contributed by atoms with E-state index in [2.05, 4.69) is 10.4 Å². The molecule has 0 atom stereocenters. The monoisotopic (exact) mass is 460 g/mol. The van der Waals surface area contributed by atoms with Crippen LogP contribution in [0.5, 0.6) is 0 Å². The molecule has 168 valence electrons. The zero-order valence-electron chi connectivity index (χ0n) is 18.3. The van der Waals surface area contributed by atoms with Gasteiger partial charge in [-0.25, -0.2) is 13.1 Å². The molecule has 0 saturated carbocycles. The van der Waals surface area contributed by atoms with Crippen LogP contribution < -0.4 is 9.62 Å². The lowest BCUT2D eigenvalue weighted by atomic mass is 10.2. The van der Waals surface area contributed by atoms with Crippen LogP contribution in [0.2, 0.25) is 0 Å². The Labute approximate surface area is 193 Å². The number of nitrogens with zero attached hydrogens (tertiary/aromatic N) is 3. The molecule has 4 rings (SSSR count). The number of anilines is 2. The maximum absolute atomic E-state index is 13.1. The molecule has 0 unspecified atom stereocenters. The van der Waals surface area contributed by atoms with Crippen molar-refractivity contribution < 1.29 is 13.2 Å². The van der Waals surface area contributed by atoms with Gasteiger partial charge in [0.05, 0.1) is 23.3 Å². The highest BCUT2D eigenvalue weighted by atomic mass is 32.2. The summed E-state index contributed by atoms with van der Waals surface area (Å²) < 4.78 is 29.2. The fourth-order valence-electron chi connectivity index (χ4n) is 3.36. The first-order valence-electron chi connectivity index (χ1n) is 10.4. The van der Waals surface area contributed by atoms with E-state index in [1.54, 1.807) is 41.2 Å². The van der Waals surface area contributed by atoms with Crippen LogP contribution in [-0.2, 0) is 16.6 Å². The Morgan fingerprint density at radius 1 is 0.970 bits per heavy atom. The molecular weight excluding hydrogens is 436 g/mol. The van der Waals surface area contributed by atoms with E-state index in [0.717, 1.165) is 11.1 Å². The van der Waals surface area contributed by atoms with E-state index in [4.69, 9.17) is 0 Å². The Kier molecular flexibility index (Phi) is 6.28. The molecule has 1 heterocycles. The number of aryl methyl sites for hydroxylation is 1. The highest BCUT2D eigenvalue weighted by Gasteiger charge is 2.22. The number of sulfonamides is 1. The van der Waals surface area contributed by atoms with Gasteiger partial charge in [0.2, 0.25) is 0 Å². The van der Waals surface area contributed by atoms with Gasteiger partial charge in [-0.2, -0.15) is 5.10 Å². The van der Waals surface area contributed by atoms with E-state index in [-0.39, 0.29) is 10.5 Å². The molecule has 7 nitrogen and oxygen atoms in total. The number of hydrogen-bond donors (Lipinski definition) is 1. The molecule has 0 saturated heterocycles. The molecule has 33 heavy (non-hydrogen) atoms. The first-order chi connectivity index (χ1) is 15.8. The minimum atomic E-state index is -3.84. The summed E-state index contributed by atoms with van der Waals surface area (Å²) in [6, 6.07) is 24.7. The number of benzene rings is 3. The van der Waals surface area contributed by atoms with Gasteiger partial charge < -0.3 is 5.32 Å². The molecular formula is C25H24N4O3S. The summed E-state index contributed by atoms with van der Waals surface area (Å²) in [5.74, 6) is 0.105. The fourth-order valence-corrected chi connectivity index (χ4v) is 4.60. The molecule has 4 aromatic rings. The van der Waals surface area contributed by atoms with Crippen molar-refractivity contribution in [2.45, 2.75) is 18.4 Å². The predicted octanol–water partition coefficient (Wildman–Crippen LogP) is 4.32. The Balaban J connectivity index is 1.54. The Morgan fingerprint density at radius 2 is 1.70 bits per heavy atom. The molecule has 0 aliphatic heterocycles. The van der Waals surface area contributed by atoms with Gasteiger partial charge in [0, 0.05) is 18.7 Å². The molecule has 0 spiro atoms. The summed E-state index contributed by atoms with van der Waals surface area (Å²) in [7, 11) is -2.34. The van der Waals surface area contributed by atoms with Gasteiger partial charge in [0.1, 0.15) is 5.82 Å². The maximum atomic E-state index is 13.1. The van der Waals surface area contributed by atoms with Crippen molar-refractivity contribution in [3.8, 4) is 0 Å². The molecule has 1 amide bonds. The van der Waals surface area contributed by atoms with Crippen LogP contribution in [0.1, 0.15) is 21.5 Å². The summed E-state index contributed by atoms with van der Waals surface area (Å²) in [5.41, 5.74) is 2.86. The lowest BCUT2D eigenvalue weighted by Gasteiger charge is -2.20. The van der Waals surface area contributed by atoms with Crippen LogP contribution >= 0.6 is 0 Å². The van der Waals surface area contributed by atoms with E-state index >= 15 is 0 Å². The lowest BCUT2D eigenvalue weighted by Crippen LogP contribution is -2.27. The summed E-state index contributed by atoms with van der Waals surface area (Å²) in [6.07, 6.45) is 1.61. The van der Waals surface area contributed by atoms with Crippen LogP contribution in [0.25, 0.3) is 0 Å². The van der Waals surface area contributed by atoms with Gasteiger partial charge in [0.15, 0.2) is 0 Å². The van der Waals surface area contributed by atoms with Crippen LogP contribution in [0.3, 0.4) is 0 Å². The van der Waals surface area contributed by atoms with E-state index in [1.165, 1.54) is 23.5 Å². The van der Waals surface area contributed by atoms with Gasteiger partial charge in [-0.05, 0) is 42.8 Å². The zero-order valence-corrected chi connectivity index (χ0v) is 19.2. The van der Waals surface area contributed by atoms with Gasteiger partial charge in [-0.3, -0.25) is 9.10 Å². The summed E-state index contributed by atoms with van der Waals surface area (Å²) in [4.78, 5) is 13.0. The van der Waals surface area contributed by atoms with E-state index in [1.807, 2.05) is 49.4 Å². The van der Waals surface area contributed by atoms with E-state index in [0.29, 0.717) is 18.1 Å². The second-order valence-electron chi connectivity index (χ2n) is 7.65. The number of carbonyl (C=O) groups is 1. The number of hydrogen-bond acceptors (Lipinski definition) is 4. The number of nitrogens with one attached hydrogen (secondary N) is 1. The second kappa shape index (κ2) is 9.30. The minimum absolute atomic E-state index is 0.0380. The average molecular weight is 461 g/mol. The molecule has 0 fully saturated rings. The third kappa shape index (κ3) is 4.96. The summed E-state index contributed by atoms with van der Waals surface area (Å²) in [6.45, 7) is 2.44. The van der Waals surface area contributed by atoms with Gasteiger partial charge >= 0.3 is 0 Å². The van der Waals surface area contributed by atoms with Crippen molar-refractivity contribution in [3.05, 3.63) is 108 Å². The number of rotatable bonds is 7. The topological polar surface area (TPSA) is 84.3 Å². The summed E-state index contributed by atoms with van der Waals surface area (Å²) >= 11 is 0. The molecule has 1 N–H and O–H groups in total. The number of amides is 1. The fraction of sp³-hybridized carbons (Fsp3) is 0.120. The van der Waals surface area contributed by atoms with Crippen molar-refractivity contribution in [2.24, 2.45) is 0 Å². The zero-order chi connectivity index (χ0) is 23.4. The molecule has 1 aromatic heterocycles. The first-order valence-corrected chi connectivity index (χ1v) is 11.8. The molecule has 0 radical (unpaired) electrons. The molecule has 0 aliphatic carbocycles. The minimum Gasteiger partial charge on any atom is -0.307 e. The molecule has 0 bridgehead atoms. The number of carbonyl (C=O) groups excluding carboxylic acids is 1. The normalized spacial score (nSPS) is 11.2. The summed E-state index contributed by atoms with van der Waals surface area (Å²) in [5, 5.41) is 7.10. The third-order valence-corrected chi connectivity index (χ3v) is 7.07. The molecule has 0 aliphatic rings. The smallest absolute Gasteiger partial charge is 0.264 e. The largest absolute Gasteiger partial charge is 0.307 e. The highest BCUT2D eigenvalue weighted by Crippen LogP contribution is 2.23. The molecule has 3 aromatic carbocycles. The van der Waals surface area contributed by atoms with Crippen molar-refractivity contribution in [3.63, 3.8) is 0 Å². The average Bonchev–Trinajstić information content (AvgIpc) is 3.26. The van der Waals surface area contributed by atoms with Crippen LogP contribution in [-0.4, -0.2) is 31.2 Å². The van der Waals surface area contributed by atoms with Crippen molar-refractivity contribution in [1.82, 2.24) is 9.78 Å². The maximum Gasteiger partial charge on any atom is 0.264 e. The SMILES string of the molecule is Cc1ccc(N(C)S(=O)(=O)c2cccc(C(=O)Nc3ccnn3Cc3ccccc3)c2)cc1. The third-order valence-electron chi connectivity index (χ3n) is 5.29. The first kappa shape index (κ1) is 22.3. The standard InChI is InChI=1S/C25H24N4O3S/c1-19-11-13-22(14-12-19)28(2)33(31,32)23-10-6-9-21(17-23)25(30)27-24-15-16-26-29(24)18-20-7-4-3-5-8-20/h3-17H,18H2,1-2H3,(H,27,30). The van der Waals surface area contributed by atoms with Crippen LogP contribution in [0.15, 0.2) is 96.0 Å². The quantitative estimate of drug-likeness (QED) is 0.445. The highest BCUT2D eigenvalue weighted by molar-refractivity contribution is 7.92. The van der Waals surface area contributed by atoms with Crippen molar-refractivity contribution >= 4 is 27.4 Å². The molecule has 8 heteroatoms. The van der Waals surface area contributed by atoms with Crippen molar-refractivity contribution in [1.29, 1.82) is 0 Å². The Bertz CT molecular complexity index is 1360. The number of aromatic nitrogens is 2. The Morgan fingerprint density at radius 3 is 2.42 bits per heavy atom. The lowest BCUT2D eigenvalue weighted by molar-refractivity contribution is 0.102. The van der Waals surface area contributed by atoms with Gasteiger partial charge in [-0.1, -0.05) is 54.1 Å². The predicted molar refractivity (Wildman–Crippen MR) is 129 cm³/mol. The van der Waals surface area contributed by atoms with E-state index < -0.39 is 15.9 Å². The van der Waals surface area contributed by atoms with Gasteiger partial charge in [0.25, 0.3) is 15.9 Å². The Hall–Kier alpha value is -3.91. The van der Waals surface area contributed by atoms with E-state index in [9.17, 15) is 13.2 Å². The van der Waals surface area contributed by atoms with Gasteiger partial charge in [-0.15, -0.1) is 0 Å². The van der Waals surface area contributed by atoms with Crippen molar-refractivity contribution in [2.75, 3.05) is 16.7 Å².